The molecule has 0 aliphatic heterocycles. The van der Waals surface area contributed by atoms with Crippen LogP contribution in [0, 0.1) is 0 Å². The Balaban J connectivity index is 1.67. The van der Waals surface area contributed by atoms with E-state index in [0.717, 1.165) is 27.8 Å². The zero-order chi connectivity index (χ0) is 21.3. The molecule has 0 spiro atoms. The predicted molar refractivity (Wildman–Crippen MR) is 124 cm³/mol. The van der Waals surface area contributed by atoms with Gasteiger partial charge in [-0.05, 0) is 48.7 Å². The zero-order valence-electron chi connectivity index (χ0n) is 17.3. The first kappa shape index (κ1) is 20.2. The highest BCUT2D eigenvalue weighted by Crippen LogP contribution is 2.32. The highest BCUT2D eigenvalue weighted by molar-refractivity contribution is 6.31. The smallest absolute Gasteiger partial charge is 0.248 e. The van der Waals surface area contributed by atoms with Gasteiger partial charge in [-0.2, -0.15) is 5.10 Å². The Morgan fingerprint density at radius 1 is 0.967 bits per heavy atom. The van der Waals surface area contributed by atoms with Gasteiger partial charge < -0.3 is 5.32 Å². The number of carbonyl (C=O) groups is 1. The minimum atomic E-state index is -0.490. The number of rotatable bonds is 5. The van der Waals surface area contributed by atoms with Gasteiger partial charge in [-0.1, -0.05) is 67.9 Å². The summed E-state index contributed by atoms with van der Waals surface area (Å²) < 4.78 is 1.77. The van der Waals surface area contributed by atoms with Crippen LogP contribution in [0.3, 0.4) is 0 Å². The lowest BCUT2D eigenvalue weighted by molar-refractivity contribution is -0.118. The summed E-state index contributed by atoms with van der Waals surface area (Å²) in [5.41, 5.74) is 4.69. The second-order valence-corrected chi connectivity index (χ2v) is 8.20. The van der Waals surface area contributed by atoms with E-state index in [2.05, 4.69) is 19.2 Å². The summed E-state index contributed by atoms with van der Waals surface area (Å²) in [7, 11) is 0. The van der Waals surface area contributed by atoms with Crippen LogP contribution in [-0.2, 0) is 4.79 Å². The molecule has 0 aliphatic rings. The molecule has 0 aliphatic carbocycles. The molecular weight excluding hydrogens is 394 g/mol. The maximum atomic E-state index is 13.0. The number of fused-ring (bicyclic) bond motifs is 1. The average Bonchev–Trinajstić information content (AvgIpc) is 3.12. The minimum Gasteiger partial charge on any atom is -0.324 e. The third-order valence-electron chi connectivity index (χ3n) is 5.31. The van der Waals surface area contributed by atoms with Gasteiger partial charge >= 0.3 is 0 Å². The number of nitrogens with zero attached hydrogens (tertiary/aromatic N) is 2. The summed E-state index contributed by atoms with van der Waals surface area (Å²) in [6.07, 6.45) is 0. The molecule has 0 saturated heterocycles. The molecule has 0 fully saturated rings. The Morgan fingerprint density at radius 3 is 2.33 bits per heavy atom. The van der Waals surface area contributed by atoms with Crippen molar-refractivity contribution in [3.05, 3.63) is 83.4 Å². The van der Waals surface area contributed by atoms with Crippen LogP contribution in [0.15, 0.2) is 72.8 Å². The normalized spacial score (nSPS) is 12.3. The van der Waals surface area contributed by atoms with Gasteiger partial charge in [-0.3, -0.25) is 9.48 Å². The molecule has 0 saturated carbocycles. The van der Waals surface area contributed by atoms with Crippen LogP contribution in [0.1, 0.15) is 38.3 Å². The fourth-order valence-electron chi connectivity index (χ4n) is 3.53. The lowest BCUT2D eigenvalue weighted by atomic mass is 10.0. The van der Waals surface area contributed by atoms with Crippen molar-refractivity contribution in [1.82, 2.24) is 9.78 Å². The van der Waals surface area contributed by atoms with Crippen molar-refractivity contribution < 1.29 is 4.79 Å². The molecule has 1 unspecified atom stereocenters. The molecule has 152 valence electrons. The maximum Gasteiger partial charge on any atom is 0.248 e. The summed E-state index contributed by atoms with van der Waals surface area (Å²) in [6, 6.07) is 23.1. The van der Waals surface area contributed by atoms with Gasteiger partial charge in [0.25, 0.3) is 0 Å². The molecule has 4 nitrogen and oxygen atoms in total. The predicted octanol–water partition coefficient (Wildman–Crippen LogP) is 6.68. The topological polar surface area (TPSA) is 46.9 Å². The molecule has 0 bridgehead atoms. The summed E-state index contributed by atoms with van der Waals surface area (Å²) in [4.78, 5) is 13.0. The monoisotopic (exact) mass is 417 g/mol. The lowest BCUT2D eigenvalue weighted by Crippen LogP contribution is -2.24. The number of hydrogen-bond donors (Lipinski definition) is 1. The maximum absolute atomic E-state index is 13.0. The molecular formula is C25H24ClN3O. The van der Waals surface area contributed by atoms with E-state index in [4.69, 9.17) is 16.7 Å². The summed E-state index contributed by atoms with van der Waals surface area (Å²) in [5, 5.41) is 9.37. The van der Waals surface area contributed by atoms with Crippen LogP contribution in [0.4, 0.5) is 5.69 Å². The number of halogens is 1. The Labute approximate surface area is 181 Å². The van der Waals surface area contributed by atoms with Crippen LogP contribution in [0.2, 0.25) is 5.02 Å². The van der Waals surface area contributed by atoms with Gasteiger partial charge in [0, 0.05) is 21.7 Å². The number of amides is 1. The van der Waals surface area contributed by atoms with Crippen molar-refractivity contribution >= 4 is 34.1 Å². The summed E-state index contributed by atoms with van der Waals surface area (Å²) >= 11 is 6.26. The standard InChI is InChI=1S/C25H24ClN3O/c1-16(2)18-9-12-21(13-10-18)27-25(30)17(3)29-23-14-11-20(26)15-22(23)24(28-29)19-7-5-4-6-8-19/h4-17H,1-3H3,(H,27,30). The Bertz CT molecular complexity index is 1180. The number of benzene rings is 3. The first-order valence-electron chi connectivity index (χ1n) is 10.1. The fraction of sp³-hybridized carbons (Fsp3) is 0.200. The van der Waals surface area contributed by atoms with Gasteiger partial charge in [0.2, 0.25) is 5.91 Å². The first-order valence-corrected chi connectivity index (χ1v) is 10.5. The van der Waals surface area contributed by atoms with Crippen LogP contribution in [0.25, 0.3) is 22.2 Å². The summed E-state index contributed by atoms with van der Waals surface area (Å²) in [5.74, 6) is 0.332. The van der Waals surface area contributed by atoms with Gasteiger partial charge in [-0.25, -0.2) is 0 Å². The Morgan fingerprint density at radius 2 is 1.67 bits per heavy atom. The van der Waals surface area contributed by atoms with Crippen LogP contribution in [-0.4, -0.2) is 15.7 Å². The van der Waals surface area contributed by atoms with Crippen molar-refractivity contribution in [1.29, 1.82) is 0 Å². The fourth-order valence-corrected chi connectivity index (χ4v) is 3.70. The van der Waals surface area contributed by atoms with Crippen LogP contribution >= 0.6 is 11.6 Å². The second-order valence-electron chi connectivity index (χ2n) is 7.76. The van der Waals surface area contributed by atoms with Crippen molar-refractivity contribution in [2.45, 2.75) is 32.7 Å². The minimum absolute atomic E-state index is 0.119. The van der Waals surface area contributed by atoms with Crippen LogP contribution in [0.5, 0.6) is 0 Å². The Hall–Kier alpha value is -3.11. The number of anilines is 1. The molecule has 1 N–H and O–H groups in total. The number of nitrogens with one attached hydrogen (secondary N) is 1. The summed E-state index contributed by atoms with van der Waals surface area (Å²) in [6.45, 7) is 6.15. The molecule has 4 rings (SSSR count). The SMILES string of the molecule is CC(C)c1ccc(NC(=O)C(C)n2nc(-c3ccccc3)c3cc(Cl)ccc32)cc1. The van der Waals surface area contributed by atoms with Gasteiger partial charge in [0.05, 0.1) is 5.52 Å². The molecule has 5 heteroatoms. The highest BCUT2D eigenvalue weighted by Gasteiger charge is 2.21. The molecule has 0 radical (unpaired) electrons. The molecule has 1 atom stereocenters. The van der Waals surface area contributed by atoms with E-state index in [9.17, 15) is 4.79 Å². The van der Waals surface area contributed by atoms with Crippen molar-refractivity contribution in [2.24, 2.45) is 0 Å². The highest BCUT2D eigenvalue weighted by atomic mass is 35.5. The first-order chi connectivity index (χ1) is 14.4. The van der Waals surface area contributed by atoms with Crippen molar-refractivity contribution in [3.63, 3.8) is 0 Å². The van der Waals surface area contributed by atoms with Crippen LogP contribution < -0.4 is 5.32 Å². The molecule has 1 heterocycles. The molecule has 3 aromatic carbocycles. The van der Waals surface area contributed by atoms with Gasteiger partial charge in [0.15, 0.2) is 0 Å². The van der Waals surface area contributed by atoms with E-state index >= 15 is 0 Å². The molecule has 4 aromatic rings. The van der Waals surface area contributed by atoms with Gasteiger partial charge in [0.1, 0.15) is 11.7 Å². The largest absolute Gasteiger partial charge is 0.324 e. The van der Waals surface area contributed by atoms with Crippen molar-refractivity contribution in [2.75, 3.05) is 5.32 Å². The van der Waals surface area contributed by atoms with E-state index in [0.29, 0.717) is 10.9 Å². The van der Waals surface area contributed by atoms with E-state index in [1.165, 1.54) is 5.56 Å². The van der Waals surface area contributed by atoms with Crippen molar-refractivity contribution in [3.8, 4) is 11.3 Å². The zero-order valence-corrected chi connectivity index (χ0v) is 18.0. The third kappa shape index (κ3) is 3.96. The molecule has 1 aromatic heterocycles. The third-order valence-corrected chi connectivity index (χ3v) is 5.54. The van der Waals surface area contributed by atoms with E-state index in [1.807, 2.05) is 79.7 Å². The lowest BCUT2D eigenvalue weighted by Gasteiger charge is -2.14. The Kier molecular flexibility index (Phi) is 5.60. The van der Waals surface area contributed by atoms with E-state index in [1.54, 1.807) is 4.68 Å². The average molecular weight is 418 g/mol. The number of carbonyl (C=O) groups excluding carboxylic acids is 1. The van der Waals surface area contributed by atoms with E-state index < -0.39 is 6.04 Å². The molecule has 1 amide bonds. The van der Waals surface area contributed by atoms with Gasteiger partial charge in [-0.15, -0.1) is 0 Å². The number of aromatic nitrogens is 2. The molecule has 30 heavy (non-hydrogen) atoms. The quantitative estimate of drug-likeness (QED) is 0.393. The second kappa shape index (κ2) is 8.33. The van der Waals surface area contributed by atoms with E-state index in [-0.39, 0.29) is 5.91 Å². The number of hydrogen-bond acceptors (Lipinski definition) is 2.